The van der Waals surface area contributed by atoms with E-state index in [9.17, 15) is 8.78 Å². The number of halogens is 2. The molecule has 0 fully saturated rings. The third-order valence-corrected chi connectivity index (χ3v) is 2.79. The van der Waals surface area contributed by atoms with Crippen LogP contribution in [0.25, 0.3) is 0 Å². The maximum atomic E-state index is 13.2. The summed E-state index contributed by atoms with van der Waals surface area (Å²) in [7, 11) is 0. The Labute approximate surface area is 89.4 Å². The molecule has 5 heteroatoms. The first kappa shape index (κ1) is 10.0. The maximum absolute atomic E-state index is 13.2. The van der Waals surface area contributed by atoms with Crippen molar-refractivity contribution >= 4 is 17.2 Å². The highest BCUT2D eigenvalue weighted by Crippen LogP contribution is 2.18. The molecule has 0 saturated heterocycles. The summed E-state index contributed by atoms with van der Waals surface area (Å²) >= 11 is 1.36. The van der Waals surface area contributed by atoms with Gasteiger partial charge in [-0.3, -0.25) is 0 Å². The molecule has 2 aromatic rings. The fraction of sp³-hybridized carbons (Fsp3) is 0.100. The molecule has 0 bridgehead atoms. The molecular weight excluding hydrogens is 218 g/mol. The molecule has 0 amide bonds. The van der Waals surface area contributed by atoms with Crippen LogP contribution in [0.3, 0.4) is 0 Å². The van der Waals surface area contributed by atoms with Crippen LogP contribution in [0.5, 0.6) is 0 Å². The standard InChI is InChI=1S/C10H8F2N2S/c11-7-2-1-6(8(12)4-7)3-10-14-9(13)5-15-10/h1-2,4-5H,3,13H2. The fourth-order valence-electron chi connectivity index (χ4n) is 1.23. The zero-order valence-electron chi connectivity index (χ0n) is 7.71. The minimum atomic E-state index is -0.574. The van der Waals surface area contributed by atoms with Crippen molar-refractivity contribution in [2.24, 2.45) is 0 Å². The second kappa shape index (κ2) is 3.94. The Morgan fingerprint density at radius 3 is 2.73 bits per heavy atom. The molecule has 2 N–H and O–H groups in total. The van der Waals surface area contributed by atoms with E-state index in [1.807, 2.05) is 0 Å². The second-order valence-electron chi connectivity index (χ2n) is 3.08. The molecule has 15 heavy (non-hydrogen) atoms. The number of nitrogens with zero attached hydrogens (tertiary/aromatic N) is 1. The fourth-order valence-corrected chi connectivity index (χ4v) is 1.94. The van der Waals surface area contributed by atoms with E-state index >= 15 is 0 Å². The van der Waals surface area contributed by atoms with Crippen molar-refractivity contribution in [2.45, 2.75) is 6.42 Å². The zero-order chi connectivity index (χ0) is 10.8. The summed E-state index contributed by atoms with van der Waals surface area (Å²) in [4.78, 5) is 4.01. The molecule has 0 atom stereocenters. The molecule has 0 saturated carbocycles. The van der Waals surface area contributed by atoms with Gasteiger partial charge in [-0.15, -0.1) is 11.3 Å². The Kier molecular flexibility index (Phi) is 2.64. The van der Waals surface area contributed by atoms with E-state index < -0.39 is 11.6 Å². The van der Waals surface area contributed by atoms with Gasteiger partial charge < -0.3 is 5.73 Å². The Balaban J connectivity index is 2.24. The summed E-state index contributed by atoms with van der Waals surface area (Å²) in [6.07, 6.45) is 0.341. The summed E-state index contributed by atoms with van der Waals surface area (Å²) in [6.45, 7) is 0. The summed E-state index contributed by atoms with van der Waals surface area (Å²) in [6, 6.07) is 3.52. The van der Waals surface area contributed by atoms with Gasteiger partial charge in [0.1, 0.15) is 17.5 Å². The average molecular weight is 226 g/mol. The largest absolute Gasteiger partial charge is 0.383 e. The van der Waals surface area contributed by atoms with Crippen molar-refractivity contribution in [3.8, 4) is 0 Å². The van der Waals surface area contributed by atoms with Crippen LogP contribution >= 0.6 is 11.3 Å². The van der Waals surface area contributed by atoms with E-state index in [0.29, 0.717) is 17.8 Å². The molecule has 1 heterocycles. The number of hydrogen-bond acceptors (Lipinski definition) is 3. The highest BCUT2D eigenvalue weighted by Gasteiger charge is 2.07. The number of thiazole rings is 1. The molecule has 1 aromatic heterocycles. The molecule has 78 valence electrons. The van der Waals surface area contributed by atoms with E-state index in [2.05, 4.69) is 4.98 Å². The van der Waals surface area contributed by atoms with Gasteiger partial charge in [0.2, 0.25) is 0 Å². The molecule has 0 radical (unpaired) electrons. The van der Waals surface area contributed by atoms with Crippen molar-refractivity contribution in [1.29, 1.82) is 0 Å². The van der Waals surface area contributed by atoms with Gasteiger partial charge >= 0.3 is 0 Å². The normalized spacial score (nSPS) is 10.5. The lowest BCUT2D eigenvalue weighted by atomic mass is 10.1. The Bertz CT molecular complexity index is 482. The monoisotopic (exact) mass is 226 g/mol. The van der Waals surface area contributed by atoms with E-state index in [0.717, 1.165) is 11.1 Å². The van der Waals surface area contributed by atoms with Gasteiger partial charge in [-0.1, -0.05) is 6.07 Å². The van der Waals surface area contributed by atoms with E-state index in [-0.39, 0.29) is 0 Å². The van der Waals surface area contributed by atoms with E-state index in [4.69, 9.17) is 5.73 Å². The van der Waals surface area contributed by atoms with Crippen LogP contribution in [0.1, 0.15) is 10.6 Å². The number of aromatic nitrogens is 1. The first-order valence-electron chi connectivity index (χ1n) is 4.29. The number of rotatable bonds is 2. The molecule has 0 aliphatic heterocycles. The number of anilines is 1. The molecule has 0 aliphatic carbocycles. The smallest absolute Gasteiger partial charge is 0.134 e. The third kappa shape index (κ3) is 2.30. The van der Waals surface area contributed by atoms with Crippen molar-refractivity contribution in [3.05, 3.63) is 45.8 Å². The van der Waals surface area contributed by atoms with Gasteiger partial charge in [-0.2, -0.15) is 0 Å². The zero-order valence-corrected chi connectivity index (χ0v) is 8.52. The average Bonchev–Trinajstić information content (AvgIpc) is 2.56. The van der Waals surface area contributed by atoms with Gasteiger partial charge in [0, 0.05) is 17.9 Å². The number of nitrogens with two attached hydrogens (primary N) is 1. The SMILES string of the molecule is Nc1csc(Cc2ccc(F)cc2F)n1. The number of benzene rings is 1. The maximum Gasteiger partial charge on any atom is 0.134 e. The quantitative estimate of drug-likeness (QED) is 0.854. The number of hydrogen-bond donors (Lipinski definition) is 1. The van der Waals surface area contributed by atoms with E-state index in [1.54, 1.807) is 5.38 Å². The van der Waals surface area contributed by atoms with Crippen LogP contribution in [-0.4, -0.2) is 4.98 Å². The van der Waals surface area contributed by atoms with Gasteiger partial charge in [-0.05, 0) is 11.6 Å². The Morgan fingerprint density at radius 2 is 2.13 bits per heavy atom. The molecular formula is C10H8F2N2S. The molecule has 2 nitrogen and oxygen atoms in total. The summed E-state index contributed by atoms with van der Waals surface area (Å²) < 4.78 is 25.9. The molecule has 1 aromatic carbocycles. The van der Waals surface area contributed by atoms with Crippen molar-refractivity contribution in [3.63, 3.8) is 0 Å². The van der Waals surface area contributed by atoms with Gasteiger partial charge in [0.25, 0.3) is 0 Å². The van der Waals surface area contributed by atoms with Crippen LogP contribution in [0.15, 0.2) is 23.6 Å². The highest BCUT2D eigenvalue weighted by atomic mass is 32.1. The number of nitrogen functional groups attached to an aromatic ring is 1. The Hall–Kier alpha value is -1.49. The van der Waals surface area contributed by atoms with Crippen molar-refractivity contribution < 1.29 is 8.78 Å². The van der Waals surface area contributed by atoms with Crippen LogP contribution in [0, 0.1) is 11.6 Å². The highest BCUT2D eigenvalue weighted by molar-refractivity contribution is 7.10. The molecule has 0 unspecified atom stereocenters. The minimum Gasteiger partial charge on any atom is -0.383 e. The lowest BCUT2D eigenvalue weighted by Gasteiger charge is -1.99. The van der Waals surface area contributed by atoms with Crippen LogP contribution in [0.4, 0.5) is 14.6 Å². The molecule has 2 rings (SSSR count). The lowest BCUT2D eigenvalue weighted by Crippen LogP contribution is -1.93. The van der Waals surface area contributed by atoms with Gasteiger partial charge in [0.05, 0.1) is 5.01 Å². The summed E-state index contributed by atoms with van der Waals surface area (Å²) in [5.74, 6) is -0.698. The van der Waals surface area contributed by atoms with Crippen LogP contribution in [0.2, 0.25) is 0 Å². The minimum absolute atomic E-state index is 0.341. The van der Waals surface area contributed by atoms with Gasteiger partial charge in [0.15, 0.2) is 0 Å². The predicted molar refractivity (Wildman–Crippen MR) is 55.7 cm³/mol. The summed E-state index contributed by atoms with van der Waals surface area (Å²) in [5, 5.41) is 2.41. The lowest BCUT2D eigenvalue weighted by molar-refractivity contribution is 0.574. The second-order valence-corrected chi connectivity index (χ2v) is 4.02. The first-order chi connectivity index (χ1) is 7.15. The van der Waals surface area contributed by atoms with Crippen molar-refractivity contribution in [1.82, 2.24) is 4.98 Å². The Morgan fingerprint density at radius 1 is 1.33 bits per heavy atom. The van der Waals surface area contributed by atoms with Gasteiger partial charge in [-0.25, -0.2) is 13.8 Å². The molecule has 0 aliphatic rings. The van der Waals surface area contributed by atoms with E-state index in [1.165, 1.54) is 23.5 Å². The van der Waals surface area contributed by atoms with Crippen molar-refractivity contribution in [2.75, 3.05) is 5.73 Å². The predicted octanol–water partition coefficient (Wildman–Crippen LogP) is 2.59. The van der Waals surface area contributed by atoms with Crippen LogP contribution in [-0.2, 0) is 6.42 Å². The third-order valence-electron chi connectivity index (χ3n) is 1.93. The molecule has 0 spiro atoms. The summed E-state index contributed by atoms with van der Waals surface area (Å²) in [5.41, 5.74) is 5.86. The topological polar surface area (TPSA) is 38.9 Å². The van der Waals surface area contributed by atoms with Crippen LogP contribution < -0.4 is 5.73 Å². The first-order valence-corrected chi connectivity index (χ1v) is 5.17.